The molecule has 1 fully saturated rings. The fraction of sp³-hybridized carbons (Fsp3) is 0.444. The number of aryl methyl sites for hydroxylation is 1. The highest BCUT2D eigenvalue weighted by Crippen LogP contribution is 2.17. The van der Waals surface area contributed by atoms with Crippen molar-refractivity contribution < 1.29 is 0 Å². The number of hydrogen-bond acceptors (Lipinski definition) is 3. The maximum Gasteiger partial charge on any atom is 0.0233 e. The van der Waals surface area contributed by atoms with Gasteiger partial charge in [0.25, 0.3) is 0 Å². The van der Waals surface area contributed by atoms with Crippen LogP contribution in [0.25, 0.3) is 0 Å². The van der Waals surface area contributed by atoms with Gasteiger partial charge in [0.15, 0.2) is 0 Å². The second-order valence-corrected chi connectivity index (χ2v) is 6.74. The molecule has 3 rings (SSSR count). The maximum absolute atomic E-state index is 3.73. The second kappa shape index (κ2) is 7.21. The molecule has 0 bridgehead atoms. The van der Waals surface area contributed by atoms with E-state index in [1.54, 1.807) is 11.3 Å². The lowest BCUT2D eigenvalue weighted by molar-refractivity contribution is 0.190. The van der Waals surface area contributed by atoms with Crippen molar-refractivity contribution in [2.24, 2.45) is 0 Å². The zero-order valence-electron chi connectivity index (χ0n) is 12.7. The lowest BCUT2D eigenvalue weighted by Crippen LogP contribution is -2.41. The van der Waals surface area contributed by atoms with Crippen molar-refractivity contribution in [1.29, 1.82) is 0 Å². The molecule has 0 aliphatic carbocycles. The number of rotatable bonds is 5. The Bertz CT molecular complexity index is 541. The summed E-state index contributed by atoms with van der Waals surface area (Å²) in [5.41, 5.74) is 4.32. The van der Waals surface area contributed by atoms with Crippen LogP contribution in [0.2, 0.25) is 0 Å². The number of nitrogens with one attached hydrogen (secondary N) is 1. The predicted octanol–water partition coefficient (Wildman–Crippen LogP) is 3.81. The minimum Gasteiger partial charge on any atom is -0.310 e. The summed E-state index contributed by atoms with van der Waals surface area (Å²) in [5, 5.41) is 8.24. The number of likely N-dealkylation sites (tertiary alicyclic amines) is 1. The first-order chi connectivity index (χ1) is 10.3. The lowest BCUT2D eigenvalue weighted by Gasteiger charge is -2.32. The molecule has 1 aliphatic rings. The molecule has 1 N–H and O–H groups in total. The minimum atomic E-state index is 0.677. The molecule has 0 spiro atoms. The van der Waals surface area contributed by atoms with Crippen molar-refractivity contribution >= 4 is 11.3 Å². The van der Waals surface area contributed by atoms with Gasteiger partial charge in [0, 0.05) is 19.1 Å². The third kappa shape index (κ3) is 4.16. The molecular weight excluding hydrogens is 276 g/mol. The molecular formula is C18H24N2S. The van der Waals surface area contributed by atoms with E-state index < -0.39 is 0 Å². The average molecular weight is 300 g/mol. The van der Waals surface area contributed by atoms with Gasteiger partial charge in [-0.1, -0.05) is 30.3 Å². The third-order valence-electron chi connectivity index (χ3n) is 4.38. The fourth-order valence-corrected chi connectivity index (χ4v) is 3.82. The van der Waals surface area contributed by atoms with Gasteiger partial charge in [-0.25, -0.2) is 0 Å². The molecule has 1 saturated heterocycles. The Morgan fingerprint density at radius 3 is 2.57 bits per heavy atom. The van der Waals surface area contributed by atoms with Crippen molar-refractivity contribution in [3.8, 4) is 0 Å². The monoisotopic (exact) mass is 300 g/mol. The zero-order chi connectivity index (χ0) is 14.5. The van der Waals surface area contributed by atoms with Crippen LogP contribution >= 0.6 is 11.3 Å². The highest BCUT2D eigenvalue weighted by Gasteiger charge is 2.18. The Labute approximate surface area is 131 Å². The van der Waals surface area contributed by atoms with Gasteiger partial charge in [0.05, 0.1) is 0 Å². The van der Waals surface area contributed by atoms with Gasteiger partial charge < -0.3 is 5.32 Å². The zero-order valence-corrected chi connectivity index (χ0v) is 13.5. The molecule has 0 radical (unpaired) electrons. The number of hydrogen-bond donors (Lipinski definition) is 1. The van der Waals surface area contributed by atoms with Gasteiger partial charge in [-0.3, -0.25) is 4.90 Å². The van der Waals surface area contributed by atoms with Crippen LogP contribution in [0, 0.1) is 6.92 Å². The summed E-state index contributed by atoms with van der Waals surface area (Å²) < 4.78 is 0. The van der Waals surface area contributed by atoms with Crippen molar-refractivity contribution in [3.63, 3.8) is 0 Å². The van der Waals surface area contributed by atoms with Gasteiger partial charge in [-0.05, 0) is 60.3 Å². The smallest absolute Gasteiger partial charge is 0.0233 e. The fourth-order valence-electron chi connectivity index (χ4n) is 2.96. The van der Waals surface area contributed by atoms with Crippen LogP contribution in [0.4, 0.5) is 0 Å². The van der Waals surface area contributed by atoms with Crippen molar-refractivity contribution in [3.05, 3.63) is 57.8 Å². The summed E-state index contributed by atoms with van der Waals surface area (Å²) in [6.07, 6.45) is 2.52. The average Bonchev–Trinajstić information content (AvgIpc) is 2.93. The summed E-state index contributed by atoms with van der Waals surface area (Å²) >= 11 is 1.81. The third-order valence-corrected chi connectivity index (χ3v) is 5.29. The highest BCUT2D eigenvalue weighted by atomic mass is 32.1. The molecule has 2 nitrogen and oxygen atoms in total. The molecule has 1 aromatic carbocycles. The molecule has 21 heavy (non-hydrogen) atoms. The van der Waals surface area contributed by atoms with E-state index in [1.807, 2.05) is 0 Å². The van der Waals surface area contributed by atoms with E-state index in [1.165, 1.54) is 42.6 Å². The SMILES string of the molecule is Cc1cscc1CNC1CCN(Cc2ccccc2)CC1. The Morgan fingerprint density at radius 2 is 1.90 bits per heavy atom. The van der Waals surface area contributed by atoms with Crippen LogP contribution in [-0.2, 0) is 13.1 Å². The van der Waals surface area contributed by atoms with Crippen molar-refractivity contribution in [2.45, 2.75) is 38.9 Å². The van der Waals surface area contributed by atoms with Crippen LogP contribution in [0.1, 0.15) is 29.5 Å². The number of thiophene rings is 1. The summed E-state index contributed by atoms with van der Waals surface area (Å²) in [6.45, 7) is 6.73. The van der Waals surface area contributed by atoms with Crippen LogP contribution in [-0.4, -0.2) is 24.0 Å². The molecule has 1 aliphatic heterocycles. The quantitative estimate of drug-likeness (QED) is 0.903. The van der Waals surface area contributed by atoms with E-state index >= 15 is 0 Å². The molecule has 3 heteroatoms. The topological polar surface area (TPSA) is 15.3 Å². The van der Waals surface area contributed by atoms with Crippen molar-refractivity contribution in [1.82, 2.24) is 10.2 Å². The lowest BCUT2D eigenvalue weighted by atomic mass is 10.0. The highest BCUT2D eigenvalue weighted by molar-refractivity contribution is 7.08. The summed E-state index contributed by atoms with van der Waals surface area (Å²) in [6, 6.07) is 11.5. The Hall–Kier alpha value is -1.16. The number of nitrogens with zero attached hydrogens (tertiary/aromatic N) is 1. The van der Waals surface area contributed by atoms with Gasteiger partial charge in [-0.15, -0.1) is 0 Å². The number of piperidine rings is 1. The summed E-state index contributed by atoms with van der Waals surface area (Å²) in [4.78, 5) is 2.57. The van der Waals surface area contributed by atoms with E-state index in [0.29, 0.717) is 6.04 Å². The molecule has 1 aromatic heterocycles. The first-order valence-corrected chi connectivity index (χ1v) is 8.77. The molecule has 2 heterocycles. The van der Waals surface area contributed by atoms with E-state index in [-0.39, 0.29) is 0 Å². The van der Waals surface area contributed by atoms with Crippen LogP contribution in [0.5, 0.6) is 0 Å². The summed E-state index contributed by atoms with van der Waals surface area (Å²) in [5.74, 6) is 0. The largest absolute Gasteiger partial charge is 0.310 e. The Balaban J connectivity index is 1.42. The summed E-state index contributed by atoms with van der Waals surface area (Å²) in [7, 11) is 0. The van der Waals surface area contributed by atoms with Gasteiger partial charge in [-0.2, -0.15) is 11.3 Å². The normalized spacial score (nSPS) is 17.2. The first-order valence-electron chi connectivity index (χ1n) is 7.82. The Morgan fingerprint density at radius 1 is 1.14 bits per heavy atom. The maximum atomic E-state index is 3.73. The van der Waals surface area contributed by atoms with Gasteiger partial charge in [0.2, 0.25) is 0 Å². The number of benzene rings is 1. The predicted molar refractivity (Wildman–Crippen MR) is 90.6 cm³/mol. The van der Waals surface area contributed by atoms with Crippen molar-refractivity contribution in [2.75, 3.05) is 13.1 Å². The van der Waals surface area contributed by atoms with E-state index in [0.717, 1.165) is 13.1 Å². The molecule has 112 valence electrons. The Kier molecular flexibility index (Phi) is 5.07. The van der Waals surface area contributed by atoms with E-state index in [9.17, 15) is 0 Å². The van der Waals surface area contributed by atoms with Gasteiger partial charge >= 0.3 is 0 Å². The standard InChI is InChI=1S/C18H24N2S/c1-15-13-21-14-17(15)11-19-18-7-9-20(10-8-18)12-16-5-3-2-4-6-16/h2-6,13-14,18-19H,7-12H2,1H3. The van der Waals surface area contributed by atoms with E-state index in [4.69, 9.17) is 0 Å². The molecule has 0 atom stereocenters. The minimum absolute atomic E-state index is 0.677. The molecule has 0 unspecified atom stereocenters. The van der Waals surface area contributed by atoms with E-state index in [2.05, 4.69) is 58.2 Å². The van der Waals surface area contributed by atoms with Crippen LogP contribution in [0.15, 0.2) is 41.1 Å². The first kappa shape index (κ1) is 14.8. The second-order valence-electron chi connectivity index (χ2n) is 6.00. The molecule has 0 saturated carbocycles. The van der Waals surface area contributed by atoms with Crippen LogP contribution in [0.3, 0.4) is 0 Å². The van der Waals surface area contributed by atoms with Gasteiger partial charge in [0.1, 0.15) is 0 Å². The van der Waals surface area contributed by atoms with Crippen LogP contribution < -0.4 is 5.32 Å². The molecule has 0 amide bonds. The molecule has 2 aromatic rings.